The Morgan fingerprint density at radius 3 is 2.78 bits per heavy atom. The minimum Gasteiger partial charge on any atom is -0.491 e. The molecule has 2 aromatic carbocycles. The van der Waals surface area contributed by atoms with Gasteiger partial charge in [-0.25, -0.2) is 0 Å². The summed E-state index contributed by atoms with van der Waals surface area (Å²) in [5.74, 6) is 0.403. The van der Waals surface area contributed by atoms with Gasteiger partial charge in [0, 0.05) is 43.0 Å². The van der Waals surface area contributed by atoms with E-state index in [4.69, 9.17) is 9.47 Å². The second-order valence-electron chi connectivity index (χ2n) is 7.45. The van der Waals surface area contributed by atoms with E-state index in [-0.39, 0.29) is 11.8 Å². The predicted molar refractivity (Wildman–Crippen MR) is 120 cm³/mol. The Morgan fingerprint density at radius 1 is 1.03 bits per heavy atom. The lowest BCUT2D eigenvalue weighted by Crippen LogP contribution is -2.28. The lowest BCUT2D eigenvalue weighted by Gasteiger charge is -2.15. The predicted octanol–water partition coefficient (Wildman–Crippen LogP) is 2.74. The van der Waals surface area contributed by atoms with Crippen molar-refractivity contribution in [2.45, 2.75) is 13.0 Å². The second-order valence-corrected chi connectivity index (χ2v) is 7.45. The number of fused-ring (bicyclic) bond motifs is 3. The Kier molecular flexibility index (Phi) is 7.09. The zero-order valence-corrected chi connectivity index (χ0v) is 17.7. The minimum absolute atomic E-state index is 0.131. The third-order valence-electron chi connectivity index (χ3n) is 5.13. The first-order valence-electron chi connectivity index (χ1n) is 10.6. The Bertz CT molecular complexity index is 1090. The standard InChI is InChI=1S/C25H25N3O4/c29-24-20-3-1-2-19(14-20)15-22-16-21(25(30)28-17-18-6-8-26-9-7-18)4-5-23(22)32-13-12-31-11-10-27-24/h1-9,14,16H,10-13,15,17H2,(H,27,29)(H,28,30). The average Bonchev–Trinajstić information content (AvgIpc) is 2.83. The van der Waals surface area contributed by atoms with Crippen molar-refractivity contribution in [3.63, 3.8) is 0 Å². The number of hydrogen-bond donors (Lipinski definition) is 2. The number of nitrogens with one attached hydrogen (secondary N) is 2. The summed E-state index contributed by atoms with van der Waals surface area (Å²) in [7, 11) is 0. The molecule has 0 atom stereocenters. The van der Waals surface area contributed by atoms with Crippen molar-refractivity contribution in [3.8, 4) is 5.75 Å². The molecular weight excluding hydrogens is 406 g/mol. The van der Waals surface area contributed by atoms with Gasteiger partial charge in [0.2, 0.25) is 0 Å². The molecule has 3 aromatic rings. The van der Waals surface area contributed by atoms with E-state index in [1.165, 1.54) is 0 Å². The highest BCUT2D eigenvalue weighted by molar-refractivity contribution is 5.95. The maximum Gasteiger partial charge on any atom is 0.251 e. The fraction of sp³-hybridized carbons (Fsp3) is 0.240. The van der Waals surface area contributed by atoms with Crippen LogP contribution in [0.15, 0.2) is 67.0 Å². The first kappa shape index (κ1) is 21.5. The average molecular weight is 431 g/mol. The molecule has 0 saturated heterocycles. The molecular formula is C25H25N3O4. The third-order valence-corrected chi connectivity index (χ3v) is 5.13. The van der Waals surface area contributed by atoms with Crippen LogP contribution >= 0.6 is 0 Å². The molecule has 2 heterocycles. The molecule has 1 aliphatic heterocycles. The van der Waals surface area contributed by atoms with Crippen molar-refractivity contribution in [2.24, 2.45) is 0 Å². The Hall–Kier alpha value is -3.71. The summed E-state index contributed by atoms with van der Waals surface area (Å²) in [6.07, 6.45) is 3.93. The molecule has 1 aromatic heterocycles. The van der Waals surface area contributed by atoms with E-state index in [0.29, 0.717) is 56.2 Å². The Balaban J connectivity index is 1.57. The molecule has 4 rings (SSSR count). The van der Waals surface area contributed by atoms with Crippen LogP contribution < -0.4 is 15.4 Å². The van der Waals surface area contributed by atoms with E-state index in [0.717, 1.165) is 16.7 Å². The minimum atomic E-state index is -0.166. The fourth-order valence-electron chi connectivity index (χ4n) is 3.48. The summed E-state index contributed by atoms with van der Waals surface area (Å²) < 4.78 is 11.5. The van der Waals surface area contributed by atoms with Crippen molar-refractivity contribution in [1.29, 1.82) is 0 Å². The number of pyridine rings is 1. The number of aromatic nitrogens is 1. The van der Waals surface area contributed by atoms with Crippen LogP contribution in [-0.4, -0.2) is 43.2 Å². The summed E-state index contributed by atoms with van der Waals surface area (Å²) >= 11 is 0. The zero-order valence-electron chi connectivity index (χ0n) is 17.7. The third kappa shape index (κ3) is 5.70. The van der Waals surface area contributed by atoms with Crippen molar-refractivity contribution in [3.05, 3.63) is 94.8 Å². The molecule has 0 unspecified atom stereocenters. The largest absolute Gasteiger partial charge is 0.491 e. The summed E-state index contributed by atoms with van der Waals surface area (Å²) in [6, 6.07) is 16.6. The van der Waals surface area contributed by atoms with E-state index in [2.05, 4.69) is 15.6 Å². The SMILES string of the molecule is O=C1NCCOCCOc2ccc(C(=O)NCc3ccncc3)cc2Cc2cccc1c2. The van der Waals surface area contributed by atoms with Gasteiger partial charge in [-0.3, -0.25) is 14.6 Å². The number of carbonyl (C=O) groups is 2. The Labute approximate surface area is 186 Å². The number of nitrogens with zero attached hydrogens (tertiary/aromatic N) is 1. The van der Waals surface area contributed by atoms with Gasteiger partial charge in [-0.15, -0.1) is 0 Å². The van der Waals surface area contributed by atoms with Crippen LogP contribution in [-0.2, 0) is 17.7 Å². The van der Waals surface area contributed by atoms with E-state index in [1.807, 2.05) is 42.5 Å². The molecule has 0 spiro atoms. The molecule has 0 saturated carbocycles. The van der Waals surface area contributed by atoms with E-state index < -0.39 is 0 Å². The molecule has 7 heteroatoms. The van der Waals surface area contributed by atoms with Crippen LogP contribution in [0.3, 0.4) is 0 Å². The molecule has 0 aliphatic carbocycles. The molecule has 0 radical (unpaired) electrons. The van der Waals surface area contributed by atoms with Gasteiger partial charge in [0.25, 0.3) is 11.8 Å². The zero-order chi connectivity index (χ0) is 22.2. The van der Waals surface area contributed by atoms with Crippen molar-refractivity contribution in [1.82, 2.24) is 15.6 Å². The second kappa shape index (κ2) is 10.5. The van der Waals surface area contributed by atoms with E-state index in [9.17, 15) is 9.59 Å². The maximum atomic E-state index is 12.7. The van der Waals surface area contributed by atoms with Gasteiger partial charge in [-0.1, -0.05) is 12.1 Å². The summed E-state index contributed by atoms with van der Waals surface area (Å²) in [4.78, 5) is 29.1. The van der Waals surface area contributed by atoms with Gasteiger partial charge >= 0.3 is 0 Å². The number of benzene rings is 2. The van der Waals surface area contributed by atoms with Crippen LogP contribution in [0.1, 0.15) is 37.4 Å². The van der Waals surface area contributed by atoms with Crippen LogP contribution in [0.5, 0.6) is 5.75 Å². The smallest absolute Gasteiger partial charge is 0.251 e. The van der Waals surface area contributed by atoms with Crippen molar-refractivity contribution in [2.75, 3.05) is 26.4 Å². The summed E-state index contributed by atoms with van der Waals surface area (Å²) in [5, 5.41) is 5.79. The number of ether oxygens (including phenoxy) is 2. The van der Waals surface area contributed by atoms with Gasteiger partial charge < -0.3 is 20.1 Å². The first-order chi connectivity index (χ1) is 15.7. The summed E-state index contributed by atoms with van der Waals surface area (Å²) in [5.41, 5.74) is 3.95. The molecule has 164 valence electrons. The van der Waals surface area contributed by atoms with Crippen molar-refractivity contribution < 1.29 is 19.1 Å². The molecule has 1 aliphatic rings. The van der Waals surface area contributed by atoms with E-state index in [1.54, 1.807) is 24.5 Å². The maximum absolute atomic E-state index is 12.7. The van der Waals surface area contributed by atoms with Crippen LogP contribution in [0, 0.1) is 0 Å². The Morgan fingerprint density at radius 2 is 1.91 bits per heavy atom. The van der Waals surface area contributed by atoms with Crippen LogP contribution in [0.25, 0.3) is 0 Å². The molecule has 0 fully saturated rings. The van der Waals surface area contributed by atoms with Gasteiger partial charge in [0.15, 0.2) is 0 Å². The number of carbonyl (C=O) groups excluding carboxylic acids is 2. The molecule has 32 heavy (non-hydrogen) atoms. The number of hydrogen-bond acceptors (Lipinski definition) is 5. The van der Waals surface area contributed by atoms with Gasteiger partial charge in [0.05, 0.1) is 13.2 Å². The highest BCUT2D eigenvalue weighted by atomic mass is 16.5. The summed E-state index contributed by atoms with van der Waals surface area (Å²) in [6.45, 7) is 2.07. The normalized spacial score (nSPS) is 14.3. The van der Waals surface area contributed by atoms with E-state index >= 15 is 0 Å². The first-order valence-corrected chi connectivity index (χ1v) is 10.6. The van der Waals surface area contributed by atoms with Crippen molar-refractivity contribution >= 4 is 11.8 Å². The highest BCUT2D eigenvalue weighted by Crippen LogP contribution is 2.24. The molecule has 2 N–H and O–H groups in total. The lowest BCUT2D eigenvalue weighted by molar-refractivity contribution is 0.0865. The molecule has 2 bridgehead atoms. The monoisotopic (exact) mass is 431 g/mol. The van der Waals surface area contributed by atoms with Crippen LogP contribution in [0.4, 0.5) is 0 Å². The fourth-order valence-corrected chi connectivity index (χ4v) is 3.48. The molecule has 2 amide bonds. The number of rotatable bonds is 3. The van der Waals surface area contributed by atoms with Gasteiger partial charge in [-0.05, 0) is 59.2 Å². The van der Waals surface area contributed by atoms with Gasteiger partial charge in [-0.2, -0.15) is 0 Å². The van der Waals surface area contributed by atoms with Crippen LogP contribution in [0.2, 0.25) is 0 Å². The quantitative estimate of drug-likeness (QED) is 0.666. The highest BCUT2D eigenvalue weighted by Gasteiger charge is 2.13. The molecule has 7 nitrogen and oxygen atoms in total. The number of amides is 2. The topological polar surface area (TPSA) is 89.5 Å². The lowest BCUT2D eigenvalue weighted by atomic mass is 9.99. The van der Waals surface area contributed by atoms with Gasteiger partial charge in [0.1, 0.15) is 12.4 Å².